The lowest BCUT2D eigenvalue weighted by atomic mass is 10.0. The van der Waals surface area contributed by atoms with Crippen molar-refractivity contribution in [2.75, 3.05) is 52.5 Å². The van der Waals surface area contributed by atoms with E-state index in [0.717, 1.165) is 36.4 Å². The van der Waals surface area contributed by atoms with E-state index in [4.69, 9.17) is 10.2 Å². The van der Waals surface area contributed by atoms with Gasteiger partial charge in [-0.2, -0.15) is 20.5 Å². The molecule has 0 amide bonds. The maximum atomic E-state index is 9.48. The van der Waals surface area contributed by atoms with Crippen LogP contribution in [0.3, 0.4) is 0 Å². The quantitative estimate of drug-likeness (QED) is 0.136. The second-order valence-corrected chi connectivity index (χ2v) is 14.1. The molecule has 0 spiro atoms. The summed E-state index contributed by atoms with van der Waals surface area (Å²) in [5.74, 6) is 3.07. The fourth-order valence-electron chi connectivity index (χ4n) is 4.93. The van der Waals surface area contributed by atoms with E-state index in [-0.39, 0.29) is 74.9 Å². The molecule has 4 aliphatic heterocycles. The molecule has 4 heterocycles. The normalized spacial score (nSPS) is 23.8. The molecule has 0 aromatic heterocycles. The third-order valence-corrected chi connectivity index (χ3v) is 7.91. The number of amidine groups is 4. The van der Waals surface area contributed by atoms with Gasteiger partial charge in [0.1, 0.15) is 45.5 Å². The number of hydrogen-bond acceptors (Lipinski definition) is 16. The van der Waals surface area contributed by atoms with E-state index in [1.165, 1.54) is 0 Å². The minimum Gasteiger partial charge on any atom is -0.396 e. The maximum absolute atomic E-state index is 9.48. The van der Waals surface area contributed by atoms with E-state index >= 15 is 0 Å². The summed E-state index contributed by atoms with van der Waals surface area (Å²) >= 11 is 0. The standard InChI is InChI=1S/C16H30N6O2.C14H26N6O2.4ClH/c1-15(2,13-17-9-11(19-13)5-7-23)21-22-16(3,4)14-18-10-12(20-14)6-8-24;1-13(2,11-15-5-9(21)6-16-11)19-20-14(3,4)12-17-7-10(22)8-18-12;;;;/h11-12,23-24H,5-10H2,1-4H3,(H,17,19)(H,18,20);9-10,21-22H,5-8H2,1-4H3,(H,15,16)(H,17,18);4*1H. The molecule has 8 N–H and O–H groups in total. The second kappa shape index (κ2) is 21.6. The number of aliphatic hydroxyl groups excluding tert-OH is 4. The lowest BCUT2D eigenvalue weighted by molar-refractivity contribution is 0.179. The maximum Gasteiger partial charge on any atom is 0.133 e. The van der Waals surface area contributed by atoms with Crippen molar-refractivity contribution in [3.05, 3.63) is 0 Å². The van der Waals surface area contributed by atoms with Crippen LogP contribution < -0.4 is 21.3 Å². The van der Waals surface area contributed by atoms with Crippen LogP contribution in [0, 0.1) is 0 Å². The van der Waals surface area contributed by atoms with E-state index in [1.54, 1.807) is 0 Å². The van der Waals surface area contributed by atoms with Crippen LogP contribution >= 0.6 is 49.6 Å². The highest BCUT2D eigenvalue weighted by atomic mass is 35.5. The number of rotatable bonds is 12. The molecule has 292 valence electrons. The van der Waals surface area contributed by atoms with Crippen molar-refractivity contribution in [1.29, 1.82) is 0 Å². The highest BCUT2D eigenvalue weighted by molar-refractivity contribution is 5.94. The zero-order valence-electron chi connectivity index (χ0n) is 30.4. The largest absolute Gasteiger partial charge is 0.396 e. The molecule has 0 aromatic carbocycles. The highest BCUT2D eigenvalue weighted by Gasteiger charge is 2.35. The van der Waals surface area contributed by atoms with Gasteiger partial charge in [0.15, 0.2) is 0 Å². The Bertz CT molecular complexity index is 1140. The van der Waals surface area contributed by atoms with E-state index < -0.39 is 34.4 Å². The van der Waals surface area contributed by atoms with Gasteiger partial charge in [-0.15, -0.1) is 49.6 Å². The Hall–Kier alpha value is -1.92. The summed E-state index contributed by atoms with van der Waals surface area (Å²) in [6.45, 7) is 19.1. The molecule has 0 aromatic rings. The molecule has 0 saturated heterocycles. The average Bonchev–Trinajstić information content (AvgIpc) is 3.68. The minimum absolute atomic E-state index is 0. The molecule has 0 aliphatic carbocycles. The summed E-state index contributed by atoms with van der Waals surface area (Å²) in [5.41, 5.74) is -2.28. The second-order valence-electron chi connectivity index (χ2n) is 14.1. The first kappa shape index (κ1) is 50.2. The molecular formula is C30H60Cl4N12O4. The summed E-state index contributed by atoms with van der Waals surface area (Å²) < 4.78 is 0. The van der Waals surface area contributed by atoms with Crippen molar-refractivity contribution in [1.82, 2.24) is 21.3 Å². The van der Waals surface area contributed by atoms with Crippen molar-refractivity contribution in [3.8, 4) is 0 Å². The van der Waals surface area contributed by atoms with Crippen molar-refractivity contribution in [2.45, 2.75) is 115 Å². The first-order chi connectivity index (χ1) is 21.5. The number of aliphatic hydroxyl groups is 4. The number of nitrogens with one attached hydrogen (secondary N) is 4. The number of halogens is 4. The van der Waals surface area contributed by atoms with Gasteiger partial charge >= 0.3 is 0 Å². The van der Waals surface area contributed by atoms with Gasteiger partial charge in [-0.25, -0.2) is 0 Å². The molecule has 0 saturated carbocycles. The number of nitrogens with zero attached hydrogens (tertiary/aromatic N) is 8. The molecule has 0 bridgehead atoms. The van der Waals surface area contributed by atoms with Gasteiger partial charge in [0, 0.05) is 39.4 Å². The Morgan fingerprint density at radius 3 is 1.06 bits per heavy atom. The van der Waals surface area contributed by atoms with Gasteiger partial charge < -0.3 is 41.7 Å². The predicted molar refractivity (Wildman–Crippen MR) is 209 cm³/mol. The van der Waals surface area contributed by atoms with Crippen LogP contribution in [0.1, 0.15) is 68.2 Å². The smallest absolute Gasteiger partial charge is 0.133 e. The van der Waals surface area contributed by atoms with Crippen molar-refractivity contribution in [2.24, 2.45) is 40.4 Å². The Balaban J connectivity index is 0. The molecule has 0 fully saturated rings. The third-order valence-electron chi connectivity index (χ3n) is 7.91. The Morgan fingerprint density at radius 2 is 0.800 bits per heavy atom. The van der Waals surface area contributed by atoms with E-state index in [1.807, 2.05) is 55.4 Å². The molecule has 4 atom stereocenters. The highest BCUT2D eigenvalue weighted by Crippen LogP contribution is 2.23. The average molecular weight is 795 g/mol. The van der Waals surface area contributed by atoms with Crippen LogP contribution in [-0.4, -0.2) is 143 Å². The lowest BCUT2D eigenvalue weighted by Gasteiger charge is -2.30. The number of hydrogen-bond donors (Lipinski definition) is 8. The summed E-state index contributed by atoms with van der Waals surface area (Å²) in [5, 5.41) is 67.7. The van der Waals surface area contributed by atoms with Gasteiger partial charge in [0.25, 0.3) is 0 Å². The molecule has 20 heteroatoms. The zero-order valence-corrected chi connectivity index (χ0v) is 33.6. The topological polar surface area (TPSA) is 228 Å². The molecular weight excluding hydrogens is 734 g/mol. The SMILES string of the molecule is CC(C)(N=NC(C)(C)C1=NC(CCO)CN1)C1=NC(CCO)CN1.CC(C)(N=NC(C)(C)C1=NCC(O)CN1)C1=NCC(O)CN1.Cl.Cl.Cl.Cl. The summed E-state index contributed by atoms with van der Waals surface area (Å²) in [6, 6.07) is 0.209. The fourth-order valence-corrected chi connectivity index (χ4v) is 4.93. The Morgan fingerprint density at radius 1 is 0.520 bits per heavy atom. The first-order valence-corrected chi connectivity index (χ1v) is 16.2. The molecule has 4 aliphatic rings. The Labute approximate surface area is 321 Å². The summed E-state index contributed by atoms with van der Waals surface area (Å²) in [7, 11) is 0. The summed E-state index contributed by atoms with van der Waals surface area (Å²) in [4.78, 5) is 17.9. The van der Waals surface area contributed by atoms with E-state index in [0.29, 0.717) is 39.0 Å². The van der Waals surface area contributed by atoms with Crippen LogP contribution in [0.15, 0.2) is 40.4 Å². The fraction of sp³-hybridized carbons (Fsp3) is 0.867. The van der Waals surface area contributed by atoms with Gasteiger partial charge in [-0.3, -0.25) is 20.0 Å². The van der Waals surface area contributed by atoms with Crippen molar-refractivity contribution >= 4 is 73.0 Å². The lowest BCUT2D eigenvalue weighted by Crippen LogP contribution is -2.50. The molecule has 0 radical (unpaired) electrons. The number of aliphatic imine (C=N–C) groups is 4. The van der Waals surface area contributed by atoms with Gasteiger partial charge in [-0.05, 0) is 68.2 Å². The van der Waals surface area contributed by atoms with Crippen molar-refractivity contribution in [3.63, 3.8) is 0 Å². The molecule has 50 heavy (non-hydrogen) atoms. The number of β-amino-alcohol motifs (C(OH)–C–C–N with tert-alkyl or cyclic N) is 2. The molecule has 4 rings (SSSR count). The van der Waals surface area contributed by atoms with Crippen molar-refractivity contribution < 1.29 is 20.4 Å². The molecule has 16 nitrogen and oxygen atoms in total. The summed E-state index contributed by atoms with van der Waals surface area (Å²) in [6.07, 6.45) is 0.421. The van der Waals surface area contributed by atoms with Gasteiger partial charge in [0.2, 0.25) is 0 Å². The Kier molecular flexibility index (Phi) is 21.7. The van der Waals surface area contributed by atoms with Crippen LogP contribution in [-0.2, 0) is 0 Å². The van der Waals surface area contributed by atoms with Crippen LogP contribution in [0.2, 0.25) is 0 Å². The minimum atomic E-state index is -0.591. The van der Waals surface area contributed by atoms with Gasteiger partial charge in [0.05, 0.1) is 37.4 Å². The van der Waals surface area contributed by atoms with E-state index in [9.17, 15) is 10.2 Å². The first-order valence-electron chi connectivity index (χ1n) is 16.2. The number of azo groups is 2. The predicted octanol–water partition coefficient (Wildman–Crippen LogP) is 1.91. The van der Waals surface area contributed by atoms with Crippen LogP contribution in [0.25, 0.3) is 0 Å². The third kappa shape index (κ3) is 14.6. The zero-order chi connectivity index (χ0) is 34.2. The van der Waals surface area contributed by atoms with E-state index in [2.05, 4.69) is 61.7 Å². The monoisotopic (exact) mass is 792 g/mol. The van der Waals surface area contributed by atoms with Crippen LogP contribution in [0.5, 0.6) is 0 Å². The molecule has 4 unspecified atom stereocenters. The van der Waals surface area contributed by atoms with Crippen LogP contribution in [0.4, 0.5) is 0 Å². The van der Waals surface area contributed by atoms with Gasteiger partial charge in [-0.1, -0.05) is 0 Å².